The summed E-state index contributed by atoms with van der Waals surface area (Å²) in [4.78, 5) is 10.5. The van der Waals surface area contributed by atoms with Crippen LogP contribution < -0.4 is 10.6 Å². The van der Waals surface area contributed by atoms with E-state index in [9.17, 15) is 13.6 Å². The van der Waals surface area contributed by atoms with Crippen LogP contribution in [0.4, 0.5) is 8.78 Å². The van der Waals surface area contributed by atoms with E-state index in [2.05, 4.69) is 10.6 Å². The summed E-state index contributed by atoms with van der Waals surface area (Å²) < 4.78 is 23.5. The molecule has 0 aromatic carbocycles. The Morgan fingerprint density at radius 3 is 3.00 bits per heavy atom. The molecule has 0 spiro atoms. The van der Waals surface area contributed by atoms with E-state index in [1.54, 1.807) is 0 Å². The molecule has 2 N–H and O–H groups in total. The molecule has 0 aromatic rings. The monoisotopic (exact) mass is 190 g/mol. The van der Waals surface area contributed by atoms with Gasteiger partial charge in [-0.2, -0.15) is 8.78 Å². The van der Waals surface area contributed by atoms with Gasteiger partial charge in [-0.25, -0.2) is 0 Å². The maximum Gasteiger partial charge on any atom is 0.315 e. The van der Waals surface area contributed by atoms with Crippen LogP contribution >= 0.6 is 0 Å². The number of amides is 1. The maximum absolute atomic E-state index is 11.7. The molecule has 1 aliphatic rings. The van der Waals surface area contributed by atoms with Crippen LogP contribution in [0.15, 0.2) is 11.6 Å². The largest absolute Gasteiger partial charge is 0.347 e. The molecule has 0 aromatic heterocycles. The highest BCUT2D eigenvalue weighted by molar-refractivity contribution is 5.79. The first-order valence-electron chi connectivity index (χ1n) is 4.14. The molecule has 0 atom stereocenters. The van der Waals surface area contributed by atoms with Gasteiger partial charge >= 0.3 is 6.43 Å². The number of carbonyl (C=O) groups excluding carboxylic acids is 1. The topological polar surface area (TPSA) is 41.1 Å². The molecule has 3 nitrogen and oxygen atoms in total. The second kappa shape index (κ2) is 4.91. The Morgan fingerprint density at radius 2 is 2.46 bits per heavy atom. The minimum absolute atomic E-state index is 0.241. The van der Waals surface area contributed by atoms with Gasteiger partial charge in [0.25, 0.3) is 5.91 Å². The molecule has 13 heavy (non-hydrogen) atoms. The molecule has 1 heterocycles. The van der Waals surface area contributed by atoms with Crippen LogP contribution in [0.1, 0.15) is 6.42 Å². The van der Waals surface area contributed by atoms with E-state index in [4.69, 9.17) is 0 Å². The molecule has 1 aliphatic heterocycles. The molecule has 5 heteroatoms. The van der Waals surface area contributed by atoms with Gasteiger partial charge in [0, 0.05) is 13.1 Å². The predicted octanol–water partition coefficient (Wildman–Crippen LogP) is 0.287. The van der Waals surface area contributed by atoms with Crippen molar-refractivity contribution in [3.8, 4) is 0 Å². The van der Waals surface area contributed by atoms with E-state index in [0.717, 1.165) is 25.1 Å². The van der Waals surface area contributed by atoms with Crippen molar-refractivity contribution >= 4 is 5.91 Å². The van der Waals surface area contributed by atoms with Gasteiger partial charge in [-0.15, -0.1) is 0 Å². The fraction of sp³-hybridized carbons (Fsp3) is 0.625. The summed E-state index contributed by atoms with van der Waals surface area (Å²) in [6.45, 7) is 1.83. The summed E-state index contributed by atoms with van der Waals surface area (Å²) >= 11 is 0. The number of carbonyl (C=O) groups is 1. The second-order valence-electron chi connectivity index (χ2n) is 2.83. The highest BCUT2D eigenvalue weighted by atomic mass is 19.3. The molecule has 0 radical (unpaired) electrons. The van der Waals surface area contributed by atoms with Crippen molar-refractivity contribution in [1.82, 2.24) is 10.6 Å². The average molecular weight is 190 g/mol. The van der Waals surface area contributed by atoms with Gasteiger partial charge in [0.15, 0.2) is 0 Å². The number of rotatable bonds is 3. The Labute approximate surface area is 75.2 Å². The lowest BCUT2D eigenvalue weighted by molar-refractivity contribution is -0.131. The fourth-order valence-corrected chi connectivity index (χ4v) is 1.11. The number of halogens is 2. The minimum Gasteiger partial charge on any atom is -0.347 e. The van der Waals surface area contributed by atoms with Crippen LogP contribution in [0.25, 0.3) is 0 Å². The lowest BCUT2D eigenvalue weighted by atomic mass is 10.1. The third kappa shape index (κ3) is 3.50. The first-order chi connectivity index (χ1) is 6.20. The van der Waals surface area contributed by atoms with Crippen molar-refractivity contribution in [1.29, 1.82) is 0 Å². The third-order valence-corrected chi connectivity index (χ3v) is 1.85. The van der Waals surface area contributed by atoms with Crippen molar-refractivity contribution in [2.45, 2.75) is 12.8 Å². The molecule has 74 valence electrons. The summed E-state index contributed by atoms with van der Waals surface area (Å²) in [6, 6.07) is 0. The summed E-state index contributed by atoms with van der Waals surface area (Å²) in [6.07, 6.45) is -0.194. The number of nitrogens with one attached hydrogen (secondary N) is 2. The Kier molecular flexibility index (Phi) is 3.82. The summed E-state index contributed by atoms with van der Waals surface area (Å²) in [5, 5.41) is 5.25. The van der Waals surface area contributed by atoms with Crippen LogP contribution in [0.5, 0.6) is 0 Å². The zero-order valence-electron chi connectivity index (χ0n) is 7.15. The molecule has 0 aliphatic carbocycles. The average Bonchev–Trinajstić information content (AvgIpc) is 2.15. The number of hydrogen-bond acceptors (Lipinski definition) is 2. The van der Waals surface area contributed by atoms with E-state index in [0.29, 0.717) is 0 Å². The van der Waals surface area contributed by atoms with Crippen molar-refractivity contribution < 1.29 is 13.6 Å². The van der Waals surface area contributed by atoms with Crippen LogP contribution in [-0.4, -0.2) is 32.0 Å². The molecule has 0 saturated heterocycles. The highest BCUT2D eigenvalue weighted by Crippen LogP contribution is 2.02. The van der Waals surface area contributed by atoms with Crippen LogP contribution in [0, 0.1) is 0 Å². The van der Waals surface area contributed by atoms with Crippen LogP contribution in [-0.2, 0) is 4.79 Å². The fourth-order valence-electron chi connectivity index (χ4n) is 1.11. The molecule has 1 rings (SSSR count). The molecule has 0 fully saturated rings. The Balaban J connectivity index is 2.25. The Hall–Kier alpha value is -0.970. The maximum atomic E-state index is 11.7. The van der Waals surface area contributed by atoms with Gasteiger partial charge in [0.1, 0.15) is 0 Å². The summed E-state index contributed by atoms with van der Waals surface area (Å²) in [7, 11) is 0. The smallest absolute Gasteiger partial charge is 0.315 e. The first-order valence-corrected chi connectivity index (χ1v) is 4.14. The van der Waals surface area contributed by atoms with Gasteiger partial charge < -0.3 is 10.6 Å². The lowest BCUT2D eigenvalue weighted by Gasteiger charge is -2.14. The summed E-state index contributed by atoms with van der Waals surface area (Å²) in [5.74, 6) is -1.19. The van der Waals surface area contributed by atoms with Crippen LogP contribution in [0.2, 0.25) is 0 Å². The third-order valence-electron chi connectivity index (χ3n) is 1.85. The summed E-state index contributed by atoms with van der Waals surface area (Å²) in [5.41, 5.74) is 1.01. The first kappa shape index (κ1) is 10.1. The van der Waals surface area contributed by atoms with Gasteiger partial charge in [0.2, 0.25) is 0 Å². The van der Waals surface area contributed by atoms with Crippen LogP contribution in [0.3, 0.4) is 0 Å². The van der Waals surface area contributed by atoms with E-state index in [1.165, 1.54) is 0 Å². The normalized spacial score (nSPS) is 17.0. The molecule has 1 amide bonds. The van der Waals surface area contributed by atoms with E-state index >= 15 is 0 Å². The molecule has 0 bridgehead atoms. The number of alkyl halides is 2. The van der Waals surface area contributed by atoms with Gasteiger partial charge in [-0.05, 0) is 13.0 Å². The number of hydrogen-bond donors (Lipinski definition) is 2. The Bertz CT molecular complexity index is 216. The SMILES string of the molecule is O=C(NCC1=CCNCC1)C(F)F. The molecule has 0 saturated carbocycles. The zero-order valence-corrected chi connectivity index (χ0v) is 7.15. The standard InChI is InChI=1S/C8H12F2N2O/c9-7(10)8(13)12-5-6-1-3-11-4-2-6/h1,7,11H,2-5H2,(H,12,13). The minimum atomic E-state index is -2.91. The van der Waals surface area contributed by atoms with Gasteiger partial charge in [-0.1, -0.05) is 11.6 Å². The van der Waals surface area contributed by atoms with Crippen molar-refractivity contribution in [2.24, 2.45) is 0 Å². The quantitative estimate of drug-likeness (QED) is 0.628. The zero-order chi connectivity index (χ0) is 9.68. The molecular weight excluding hydrogens is 178 g/mol. The lowest BCUT2D eigenvalue weighted by Crippen LogP contribution is -2.33. The second-order valence-corrected chi connectivity index (χ2v) is 2.83. The molecule has 0 unspecified atom stereocenters. The molecular formula is C8H12F2N2O. The van der Waals surface area contributed by atoms with Crippen molar-refractivity contribution in [2.75, 3.05) is 19.6 Å². The highest BCUT2D eigenvalue weighted by Gasteiger charge is 2.14. The van der Waals surface area contributed by atoms with E-state index < -0.39 is 12.3 Å². The van der Waals surface area contributed by atoms with Crippen molar-refractivity contribution in [3.63, 3.8) is 0 Å². The van der Waals surface area contributed by atoms with Crippen molar-refractivity contribution in [3.05, 3.63) is 11.6 Å². The van der Waals surface area contributed by atoms with Gasteiger partial charge in [0.05, 0.1) is 0 Å². The van der Waals surface area contributed by atoms with E-state index in [1.807, 2.05) is 6.08 Å². The Morgan fingerprint density at radius 1 is 1.69 bits per heavy atom. The van der Waals surface area contributed by atoms with Gasteiger partial charge in [-0.3, -0.25) is 4.79 Å². The predicted molar refractivity (Wildman–Crippen MR) is 44.6 cm³/mol. The van der Waals surface area contributed by atoms with E-state index in [-0.39, 0.29) is 6.54 Å².